The van der Waals surface area contributed by atoms with Crippen LogP contribution in [0.5, 0.6) is 0 Å². The Balaban J connectivity index is 2.46. The van der Waals surface area contributed by atoms with Crippen LogP contribution in [-0.4, -0.2) is 41.0 Å². The smallest absolute Gasteiger partial charge is 0.271 e. The fourth-order valence-electron chi connectivity index (χ4n) is 1.32. The standard InChI is InChI=1S/C12H20N4OS/c1-3-5-14-11-9-13-8-10(16-11)12(17)15-6-4-7-18-2/h8-9H,3-7H2,1-2H3,(H,14,16)(H,15,17). The Morgan fingerprint density at radius 1 is 1.39 bits per heavy atom. The minimum atomic E-state index is -0.163. The number of hydrogen-bond donors (Lipinski definition) is 2. The molecule has 1 amide bonds. The molecule has 1 aromatic rings. The van der Waals surface area contributed by atoms with Gasteiger partial charge in [0.1, 0.15) is 11.5 Å². The van der Waals surface area contributed by atoms with E-state index in [0.29, 0.717) is 18.1 Å². The molecule has 0 aromatic carbocycles. The van der Waals surface area contributed by atoms with Crippen LogP contribution in [0.2, 0.25) is 0 Å². The van der Waals surface area contributed by atoms with Gasteiger partial charge in [-0.25, -0.2) is 4.98 Å². The van der Waals surface area contributed by atoms with Gasteiger partial charge in [-0.3, -0.25) is 9.78 Å². The number of carbonyl (C=O) groups is 1. The highest BCUT2D eigenvalue weighted by Gasteiger charge is 2.07. The Labute approximate surface area is 112 Å². The summed E-state index contributed by atoms with van der Waals surface area (Å²) in [6.45, 7) is 3.57. The molecule has 1 rings (SSSR count). The van der Waals surface area contributed by atoms with Gasteiger partial charge in [0, 0.05) is 13.1 Å². The summed E-state index contributed by atoms with van der Waals surface area (Å²) >= 11 is 1.77. The first-order valence-corrected chi connectivity index (χ1v) is 7.50. The molecule has 0 bridgehead atoms. The van der Waals surface area contributed by atoms with E-state index in [1.807, 2.05) is 0 Å². The van der Waals surface area contributed by atoms with E-state index in [4.69, 9.17) is 0 Å². The van der Waals surface area contributed by atoms with Crippen molar-refractivity contribution in [1.29, 1.82) is 0 Å². The molecule has 0 unspecified atom stereocenters. The van der Waals surface area contributed by atoms with Crippen molar-refractivity contribution in [2.45, 2.75) is 19.8 Å². The number of nitrogens with zero attached hydrogens (tertiary/aromatic N) is 2. The number of carbonyl (C=O) groups excluding carboxylic acids is 1. The molecule has 0 radical (unpaired) electrons. The minimum Gasteiger partial charge on any atom is -0.369 e. The molecule has 0 aliphatic heterocycles. The first-order valence-electron chi connectivity index (χ1n) is 6.11. The molecule has 0 fully saturated rings. The maximum atomic E-state index is 11.8. The third-order valence-electron chi connectivity index (χ3n) is 2.23. The Bertz CT molecular complexity index is 373. The Morgan fingerprint density at radius 3 is 2.94 bits per heavy atom. The monoisotopic (exact) mass is 268 g/mol. The molecule has 1 heterocycles. The average molecular weight is 268 g/mol. The Hall–Kier alpha value is -1.30. The summed E-state index contributed by atoms with van der Waals surface area (Å²) in [7, 11) is 0. The van der Waals surface area contributed by atoms with Crippen LogP contribution in [0.15, 0.2) is 12.4 Å². The lowest BCUT2D eigenvalue weighted by atomic mass is 10.4. The van der Waals surface area contributed by atoms with Crippen molar-refractivity contribution in [2.24, 2.45) is 0 Å². The highest BCUT2D eigenvalue weighted by Crippen LogP contribution is 2.02. The molecule has 5 nitrogen and oxygen atoms in total. The highest BCUT2D eigenvalue weighted by atomic mass is 32.2. The van der Waals surface area contributed by atoms with E-state index in [1.54, 1.807) is 18.0 Å². The van der Waals surface area contributed by atoms with Crippen molar-refractivity contribution < 1.29 is 4.79 Å². The van der Waals surface area contributed by atoms with E-state index >= 15 is 0 Å². The summed E-state index contributed by atoms with van der Waals surface area (Å²) in [6.07, 6.45) is 7.14. The zero-order valence-corrected chi connectivity index (χ0v) is 11.7. The van der Waals surface area contributed by atoms with Gasteiger partial charge in [-0.1, -0.05) is 6.92 Å². The van der Waals surface area contributed by atoms with Crippen LogP contribution in [0.25, 0.3) is 0 Å². The minimum absolute atomic E-state index is 0.163. The molecule has 18 heavy (non-hydrogen) atoms. The fraction of sp³-hybridized carbons (Fsp3) is 0.583. The predicted molar refractivity (Wildman–Crippen MR) is 76.1 cm³/mol. The number of nitrogens with one attached hydrogen (secondary N) is 2. The first kappa shape index (κ1) is 14.8. The molecule has 0 saturated carbocycles. The van der Waals surface area contributed by atoms with Crippen LogP contribution in [-0.2, 0) is 0 Å². The van der Waals surface area contributed by atoms with E-state index in [-0.39, 0.29) is 5.91 Å². The van der Waals surface area contributed by atoms with E-state index in [0.717, 1.165) is 25.1 Å². The van der Waals surface area contributed by atoms with E-state index in [1.165, 1.54) is 6.20 Å². The number of amides is 1. The second kappa shape index (κ2) is 8.74. The van der Waals surface area contributed by atoms with Gasteiger partial charge in [0.2, 0.25) is 0 Å². The van der Waals surface area contributed by atoms with Crippen LogP contribution in [0.3, 0.4) is 0 Å². The average Bonchev–Trinajstić information content (AvgIpc) is 2.41. The summed E-state index contributed by atoms with van der Waals surface area (Å²) in [5.74, 6) is 1.53. The summed E-state index contributed by atoms with van der Waals surface area (Å²) in [6, 6.07) is 0. The number of anilines is 1. The van der Waals surface area contributed by atoms with Crippen LogP contribution in [0.1, 0.15) is 30.3 Å². The number of thioether (sulfide) groups is 1. The molecule has 0 aliphatic rings. The van der Waals surface area contributed by atoms with Gasteiger partial charge in [-0.2, -0.15) is 11.8 Å². The summed E-state index contributed by atoms with van der Waals surface area (Å²) in [5.41, 5.74) is 0.361. The molecule has 6 heteroatoms. The summed E-state index contributed by atoms with van der Waals surface area (Å²) < 4.78 is 0. The van der Waals surface area contributed by atoms with Crippen LogP contribution in [0.4, 0.5) is 5.82 Å². The second-order valence-corrected chi connectivity index (χ2v) is 4.80. The van der Waals surface area contributed by atoms with Gasteiger partial charge in [-0.15, -0.1) is 0 Å². The molecule has 2 N–H and O–H groups in total. The third-order valence-corrected chi connectivity index (χ3v) is 2.93. The molecule has 0 atom stereocenters. The van der Waals surface area contributed by atoms with Gasteiger partial charge < -0.3 is 10.6 Å². The molecule has 100 valence electrons. The summed E-state index contributed by atoms with van der Waals surface area (Å²) in [5, 5.41) is 5.94. The van der Waals surface area contributed by atoms with E-state index < -0.39 is 0 Å². The molecular weight excluding hydrogens is 248 g/mol. The lowest BCUT2D eigenvalue weighted by molar-refractivity contribution is 0.0948. The van der Waals surface area contributed by atoms with Crippen molar-refractivity contribution in [3.8, 4) is 0 Å². The highest BCUT2D eigenvalue weighted by molar-refractivity contribution is 7.98. The zero-order valence-electron chi connectivity index (χ0n) is 10.9. The normalized spacial score (nSPS) is 10.1. The maximum absolute atomic E-state index is 11.8. The number of rotatable bonds is 8. The fourth-order valence-corrected chi connectivity index (χ4v) is 1.76. The Morgan fingerprint density at radius 2 is 2.22 bits per heavy atom. The van der Waals surface area contributed by atoms with Gasteiger partial charge in [0.15, 0.2) is 0 Å². The van der Waals surface area contributed by atoms with Crippen LogP contribution >= 0.6 is 11.8 Å². The maximum Gasteiger partial charge on any atom is 0.271 e. The third kappa shape index (κ3) is 5.35. The Kier molecular flexibility index (Phi) is 7.17. The molecule has 1 aromatic heterocycles. The zero-order chi connectivity index (χ0) is 13.2. The second-order valence-electron chi connectivity index (χ2n) is 3.82. The summed E-state index contributed by atoms with van der Waals surface area (Å²) in [4.78, 5) is 20.0. The van der Waals surface area contributed by atoms with Crippen molar-refractivity contribution >= 4 is 23.5 Å². The van der Waals surface area contributed by atoms with Gasteiger partial charge in [0.25, 0.3) is 5.91 Å². The van der Waals surface area contributed by atoms with Crippen molar-refractivity contribution in [3.05, 3.63) is 18.1 Å². The van der Waals surface area contributed by atoms with Gasteiger partial charge >= 0.3 is 0 Å². The first-order chi connectivity index (χ1) is 8.77. The van der Waals surface area contributed by atoms with Crippen molar-refractivity contribution in [2.75, 3.05) is 30.4 Å². The molecular formula is C12H20N4OS. The SMILES string of the molecule is CCCNc1cncc(C(=O)NCCCSC)n1. The van der Waals surface area contributed by atoms with Crippen molar-refractivity contribution in [3.63, 3.8) is 0 Å². The largest absolute Gasteiger partial charge is 0.369 e. The van der Waals surface area contributed by atoms with Crippen molar-refractivity contribution in [1.82, 2.24) is 15.3 Å². The molecule has 0 saturated heterocycles. The quantitative estimate of drug-likeness (QED) is 0.704. The number of aromatic nitrogens is 2. The lowest BCUT2D eigenvalue weighted by Crippen LogP contribution is -2.26. The van der Waals surface area contributed by atoms with Crippen LogP contribution in [0, 0.1) is 0 Å². The van der Waals surface area contributed by atoms with E-state index in [2.05, 4.69) is 33.8 Å². The topological polar surface area (TPSA) is 66.9 Å². The lowest BCUT2D eigenvalue weighted by Gasteiger charge is -2.06. The molecule has 0 aliphatic carbocycles. The molecule has 0 spiro atoms. The van der Waals surface area contributed by atoms with Gasteiger partial charge in [-0.05, 0) is 24.9 Å². The van der Waals surface area contributed by atoms with E-state index in [9.17, 15) is 4.79 Å². The van der Waals surface area contributed by atoms with Gasteiger partial charge in [0.05, 0.1) is 12.4 Å². The number of hydrogen-bond acceptors (Lipinski definition) is 5. The predicted octanol–water partition coefficient (Wildman–Crippen LogP) is 1.78. The van der Waals surface area contributed by atoms with Crippen LogP contribution < -0.4 is 10.6 Å².